The molecule has 0 atom stereocenters. The Morgan fingerprint density at radius 3 is 1.07 bits per heavy atom. The summed E-state index contributed by atoms with van der Waals surface area (Å²) < 4.78 is 39.0. The number of nitrogens with one attached hydrogen (secondary N) is 1. The highest BCUT2D eigenvalue weighted by molar-refractivity contribution is 6.50. The third-order valence-electron chi connectivity index (χ3n) is 1.39. The van der Waals surface area contributed by atoms with Crippen molar-refractivity contribution in [2.24, 2.45) is 0 Å². The number of H-pyrrole nitrogens is 1. The summed E-state index contributed by atoms with van der Waals surface area (Å²) >= 11 is 0. The highest BCUT2D eigenvalue weighted by Gasteiger charge is 2.20. The van der Waals surface area contributed by atoms with Gasteiger partial charge in [0.25, 0.3) is 0 Å². The maximum absolute atomic E-state index is 9.75. The van der Waals surface area contributed by atoms with E-state index in [4.69, 9.17) is 0 Å². The molecule has 0 spiro atoms. The van der Waals surface area contributed by atoms with E-state index in [2.05, 4.69) is 31.3 Å². The first-order chi connectivity index (χ1) is 6.13. The van der Waals surface area contributed by atoms with Crippen molar-refractivity contribution < 1.29 is 17.3 Å². The van der Waals surface area contributed by atoms with E-state index in [1.807, 2.05) is 0 Å². The van der Waals surface area contributed by atoms with Gasteiger partial charge in [0.1, 0.15) is 0 Å². The molecular weight excluding hydrogens is 211 g/mol. The Bertz CT molecular complexity index is 446. The van der Waals surface area contributed by atoms with Gasteiger partial charge >= 0.3 is 7.25 Å². The smallest absolute Gasteiger partial charge is 0.418 e. The van der Waals surface area contributed by atoms with E-state index in [1.165, 1.54) is 0 Å². The van der Waals surface area contributed by atoms with Crippen LogP contribution < -0.4 is 27.3 Å². The molecule has 5 N–H and O–H groups in total. The lowest BCUT2D eigenvalue weighted by Crippen LogP contribution is -2.33. The van der Waals surface area contributed by atoms with E-state index < -0.39 is 7.25 Å². The molecule has 1 heterocycles. The largest absolute Gasteiger partial charge is 0.673 e. The van der Waals surface area contributed by atoms with Gasteiger partial charge in [-0.25, -0.2) is 0 Å². The molecule has 0 bridgehead atoms. The second-order valence-corrected chi connectivity index (χ2v) is 2.53. The van der Waals surface area contributed by atoms with Crippen LogP contribution in [-0.2, 0) is 0 Å². The van der Waals surface area contributed by atoms with Crippen LogP contribution in [0.15, 0.2) is 0 Å². The summed E-state index contributed by atoms with van der Waals surface area (Å²) in [5.74, 6) is 0. The highest BCUT2D eigenvalue weighted by atomic mass is 19.5. The van der Waals surface area contributed by atoms with Crippen LogP contribution in [0.2, 0.25) is 0 Å². The minimum absolute atomic E-state index is 0. The van der Waals surface area contributed by atoms with Crippen LogP contribution in [0.5, 0.6) is 0 Å². The van der Waals surface area contributed by atoms with Crippen molar-refractivity contribution in [3.63, 3.8) is 0 Å². The molecule has 0 amide bonds. The predicted molar refractivity (Wildman–Crippen MR) is 57.6 cm³/mol. The molecule has 0 fully saturated rings. The Hall–Kier alpha value is -1.50. The summed E-state index contributed by atoms with van der Waals surface area (Å²) in [5.41, 5.74) is 0. The first-order valence-electron chi connectivity index (χ1n) is 3.54. The molecule has 1 aromatic heterocycles. The van der Waals surface area contributed by atoms with Gasteiger partial charge < -0.3 is 28.4 Å². The molecule has 86 valence electrons. The maximum atomic E-state index is 9.75. The topological polar surface area (TPSA) is 52.3 Å². The molecule has 0 aliphatic rings. The molecular formula is C8H13BF4N2. The van der Waals surface area contributed by atoms with Crippen molar-refractivity contribution in [1.29, 1.82) is 0 Å². The van der Waals surface area contributed by atoms with Crippen molar-refractivity contribution in [1.82, 2.24) is 11.1 Å². The molecule has 15 heavy (non-hydrogen) atoms. The zero-order valence-corrected chi connectivity index (χ0v) is 8.42. The number of rotatable bonds is 0. The monoisotopic (exact) mass is 224 g/mol. The van der Waals surface area contributed by atoms with Crippen LogP contribution in [-0.4, -0.2) is 12.2 Å². The van der Waals surface area contributed by atoms with Gasteiger partial charge in [0, 0.05) is 10.7 Å². The molecule has 7 heteroatoms. The van der Waals surface area contributed by atoms with E-state index in [1.54, 1.807) is 0 Å². The summed E-state index contributed by atoms with van der Waals surface area (Å²) in [5, 5.41) is 3.34. The van der Waals surface area contributed by atoms with E-state index in [9.17, 15) is 17.3 Å². The minimum atomic E-state index is -6.00. The molecule has 1 rings (SSSR count). The van der Waals surface area contributed by atoms with Gasteiger partial charge in [-0.15, -0.1) is 0 Å². The second kappa shape index (κ2) is 5.40. The number of halogens is 4. The van der Waals surface area contributed by atoms with E-state index in [0.717, 1.165) is 21.1 Å². The normalized spacial score (nSPS) is 9.87. The second-order valence-electron chi connectivity index (χ2n) is 2.53. The van der Waals surface area contributed by atoms with E-state index in [0.29, 0.717) is 0 Å². The molecule has 0 saturated heterocycles. The Kier molecular flexibility index (Phi) is 5.75. The summed E-state index contributed by atoms with van der Waals surface area (Å²) in [6, 6.07) is 0. The number of aromatic nitrogens is 1. The Balaban J connectivity index is 0. The molecule has 0 aliphatic heterocycles. The Morgan fingerprint density at radius 1 is 0.800 bits per heavy atom. The van der Waals surface area contributed by atoms with E-state index >= 15 is 0 Å². The van der Waals surface area contributed by atoms with Crippen LogP contribution in [0.1, 0.15) is 0 Å². The van der Waals surface area contributed by atoms with Gasteiger partial charge in [0.15, 0.2) is 0 Å². The summed E-state index contributed by atoms with van der Waals surface area (Å²) in [6.07, 6.45) is 0. The van der Waals surface area contributed by atoms with Crippen LogP contribution >= 0.6 is 0 Å². The molecule has 1 aromatic rings. The first-order valence-corrected chi connectivity index (χ1v) is 3.54. The van der Waals surface area contributed by atoms with Crippen molar-refractivity contribution in [2.45, 2.75) is 0 Å². The third kappa shape index (κ3) is 6.56. The zero-order chi connectivity index (χ0) is 11.5. The fourth-order valence-electron chi connectivity index (χ4n) is 0.697. The van der Waals surface area contributed by atoms with Crippen LogP contribution in [0.3, 0.4) is 0 Å². The zero-order valence-electron chi connectivity index (χ0n) is 8.42. The van der Waals surface area contributed by atoms with Gasteiger partial charge in [-0.05, 0) is 10.4 Å². The molecule has 0 aromatic carbocycles. The highest BCUT2D eigenvalue weighted by Crippen LogP contribution is 2.06. The van der Waals surface area contributed by atoms with Crippen molar-refractivity contribution in [3.8, 4) is 0 Å². The Morgan fingerprint density at radius 2 is 1.00 bits per heavy atom. The number of hydrogen-bond acceptors (Lipinski definition) is 0. The standard InChI is InChI=1S/C8H9N.BF4.H3N/c1-5-6(2)8(4)9-7(5)3;2-1(3,4)5;/h9H,1-4H2;;1H3/q;-1;/p+1. The Labute approximate surface area is 84.0 Å². The minimum Gasteiger partial charge on any atom is -0.418 e. The summed E-state index contributed by atoms with van der Waals surface area (Å²) in [7, 11) is -6.00. The average molecular weight is 224 g/mol. The fraction of sp³-hybridized carbons (Fsp3) is 0. The van der Waals surface area contributed by atoms with Gasteiger partial charge in [0.2, 0.25) is 0 Å². The van der Waals surface area contributed by atoms with Crippen molar-refractivity contribution in [3.05, 3.63) is 21.1 Å². The summed E-state index contributed by atoms with van der Waals surface area (Å²) in [6.45, 7) is 14.9. The van der Waals surface area contributed by atoms with Crippen LogP contribution in [0, 0.1) is 0 Å². The number of hydrogen-bond donors (Lipinski definition) is 2. The van der Waals surface area contributed by atoms with E-state index in [-0.39, 0.29) is 6.15 Å². The molecule has 0 saturated carbocycles. The van der Waals surface area contributed by atoms with Crippen molar-refractivity contribution >= 4 is 33.6 Å². The van der Waals surface area contributed by atoms with Gasteiger partial charge in [-0.2, -0.15) is 0 Å². The lowest BCUT2D eigenvalue weighted by Gasteiger charge is -1.94. The van der Waals surface area contributed by atoms with Crippen LogP contribution in [0.25, 0.3) is 26.3 Å². The quantitative estimate of drug-likeness (QED) is 0.471. The fourth-order valence-corrected chi connectivity index (χ4v) is 0.697. The molecule has 0 radical (unpaired) electrons. The molecule has 0 aliphatic carbocycles. The third-order valence-corrected chi connectivity index (χ3v) is 1.39. The lowest BCUT2D eigenvalue weighted by atomic mass is 10.3. The molecule has 2 nitrogen and oxygen atoms in total. The number of aromatic amines is 1. The molecule has 0 unspecified atom stereocenters. The average Bonchev–Trinajstić information content (AvgIpc) is 2.14. The van der Waals surface area contributed by atoms with Crippen LogP contribution in [0.4, 0.5) is 17.3 Å². The predicted octanol–water partition coefficient (Wildman–Crippen LogP) is 0.332. The summed E-state index contributed by atoms with van der Waals surface area (Å²) in [4.78, 5) is 2.93. The lowest BCUT2D eigenvalue weighted by molar-refractivity contribution is 0.368. The van der Waals surface area contributed by atoms with Gasteiger partial charge in [-0.3, -0.25) is 0 Å². The van der Waals surface area contributed by atoms with Gasteiger partial charge in [-0.1, -0.05) is 26.3 Å². The number of quaternary nitrogens is 1. The van der Waals surface area contributed by atoms with Gasteiger partial charge in [0.05, 0.1) is 0 Å². The SMILES string of the molecule is C=c1[nH]c(=C)c(=C)c1=C.F[B-](F)(F)F.[NH4+]. The first kappa shape index (κ1) is 16.0. The maximum Gasteiger partial charge on any atom is 0.673 e. The van der Waals surface area contributed by atoms with Crippen molar-refractivity contribution in [2.75, 3.05) is 0 Å².